The van der Waals surface area contributed by atoms with E-state index in [1.165, 1.54) is 5.56 Å². The van der Waals surface area contributed by atoms with Gasteiger partial charge in [-0.05, 0) is 23.1 Å². The van der Waals surface area contributed by atoms with Crippen LogP contribution in [0.2, 0.25) is 19.6 Å². The Hall–Kier alpha value is -1.04. The SMILES string of the molecule is CC(C)(C)COCc1ccc(C#C[Si](C)(C)C)cc1. The summed E-state index contributed by atoms with van der Waals surface area (Å²) in [5, 5.41) is 0. The van der Waals surface area contributed by atoms with Crippen molar-refractivity contribution in [2.45, 2.75) is 47.0 Å². The Bertz CT molecular complexity index is 449. The van der Waals surface area contributed by atoms with Gasteiger partial charge in [0.05, 0.1) is 13.2 Å². The lowest BCUT2D eigenvalue weighted by molar-refractivity contribution is 0.0599. The molecule has 0 N–H and O–H groups in total. The molecular formula is C17H26OSi. The van der Waals surface area contributed by atoms with E-state index in [2.05, 4.69) is 76.1 Å². The van der Waals surface area contributed by atoms with Gasteiger partial charge in [-0.2, -0.15) is 0 Å². The van der Waals surface area contributed by atoms with Gasteiger partial charge in [-0.3, -0.25) is 0 Å². The summed E-state index contributed by atoms with van der Waals surface area (Å²) >= 11 is 0. The first-order chi connectivity index (χ1) is 8.66. The van der Waals surface area contributed by atoms with Crippen molar-refractivity contribution < 1.29 is 4.74 Å². The lowest BCUT2D eigenvalue weighted by atomic mass is 9.99. The van der Waals surface area contributed by atoms with Crippen LogP contribution in [0.3, 0.4) is 0 Å². The summed E-state index contributed by atoms with van der Waals surface area (Å²) in [4.78, 5) is 0. The standard InChI is InChI=1S/C17H26OSi/c1-17(2,3)14-18-13-16-9-7-15(8-10-16)11-12-19(4,5)6/h7-10H,13-14H2,1-6H3. The summed E-state index contributed by atoms with van der Waals surface area (Å²) in [6, 6.07) is 8.39. The van der Waals surface area contributed by atoms with E-state index in [-0.39, 0.29) is 5.41 Å². The summed E-state index contributed by atoms with van der Waals surface area (Å²) in [5.74, 6) is 3.26. The molecule has 104 valence electrons. The Kier molecular flexibility index (Phi) is 5.40. The van der Waals surface area contributed by atoms with Gasteiger partial charge in [-0.1, -0.05) is 58.5 Å². The van der Waals surface area contributed by atoms with Gasteiger partial charge in [-0.15, -0.1) is 5.54 Å². The molecule has 0 saturated carbocycles. The first kappa shape index (κ1) is 16.0. The molecule has 0 amide bonds. The highest BCUT2D eigenvalue weighted by Crippen LogP contribution is 2.14. The van der Waals surface area contributed by atoms with Crippen LogP contribution in [0.1, 0.15) is 31.9 Å². The van der Waals surface area contributed by atoms with Gasteiger partial charge in [0, 0.05) is 5.56 Å². The Morgan fingerprint density at radius 3 is 2.11 bits per heavy atom. The van der Waals surface area contributed by atoms with Gasteiger partial charge in [0.2, 0.25) is 0 Å². The molecule has 1 nitrogen and oxygen atoms in total. The van der Waals surface area contributed by atoms with Crippen LogP contribution in [-0.4, -0.2) is 14.7 Å². The Morgan fingerprint density at radius 1 is 1.05 bits per heavy atom. The molecule has 0 spiro atoms. The fourth-order valence-electron chi connectivity index (χ4n) is 1.42. The molecular weight excluding hydrogens is 248 g/mol. The Balaban J connectivity index is 2.54. The van der Waals surface area contributed by atoms with E-state index in [4.69, 9.17) is 4.74 Å². The second-order valence-corrected chi connectivity index (χ2v) is 12.0. The lowest BCUT2D eigenvalue weighted by Gasteiger charge is -2.17. The molecule has 0 aliphatic heterocycles. The fraction of sp³-hybridized carbons (Fsp3) is 0.529. The molecule has 1 aromatic rings. The molecule has 0 heterocycles. The highest BCUT2D eigenvalue weighted by Gasteiger charge is 2.10. The summed E-state index contributed by atoms with van der Waals surface area (Å²) in [6.45, 7) is 14.8. The predicted molar refractivity (Wildman–Crippen MR) is 85.8 cm³/mol. The Morgan fingerprint density at radius 2 is 1.63 bits per heavy atom. The van der Waals surface area contributed by atoms with Gasteiger partial charge in [0.15, 0.2) is 0 Å². The molecule has 1 rings (SSSR count). The maximum absolute atomic E-state index is 5.71. The van der Waals surface area contributed by atoms with Gasteiger partial charge in [-0.25, -0.2) is 0 Å². The normalized spacial score (nSPS) is 11.9. The summed E-state index contributed by atoms with van der Waals surface area (Å²) < 4.78 is 5.71. The maximum Gasteiger partial charge on any atom is 0.129 e. The van der Waals surface area contributed by atoms with E-state index in [9.17, 15) is 0 Å². The van der Waals surface area contributed by atoms with Crippen molar-refractivity contribution in [3.63, 3.8) is 0 Å². The van der Waals surface area contributed by atoms with Gasteiger partial charge >= 0.3 is 0 Å². The minimum Gasteiger partial charge on any atom is -0.376 e. The van der Waals surface area contributed by atoms with E-state index in [1.54, 1.807) is 0 Å². The third-order valence-electron chi connectivity index (χ3n) is 2.34. The van der Waals surface area contributed by atoms with E-state index in [0.717, 1.165) is 12.2 Å². The van der Waals surface area contributed by atoms with E-state index < -0.39 is 8.07 Å². The van der Waals surface area contributed by atoms with Crippen LogP contribution in [0.15, 0.2) is 24.3 Å². The number of benzene rings is 1. The monoisotopic (exact) mass is 274 g/mol. The molecule has 19 heavy (non-hydrogen) atoms. The van der Waals surface area contributed by atoms with Crippen molar-refractivity contribution in [1.29, 1.82) is 0 Å². The lowest BCUT2D eigenvalue weighted by Crippen LogP contribution is -2.16. The predicted octanol–water partition coefficient (Wildman–Crippen LogP) is 4.48. The first-order valence-corrected chi connectivity index (χ1v) is 10.4. The molecule has 0 unspecified atom stereocenters. The smallest absolute Gasteiger partial charge is 0.129 e. The second-order valence-electron chi connectivity index (χ2n) is 7.25. The summed E-state index contributed by atoms with van der Waals surface area (Å²) in [7, 11) is -1.28. The van der Waals surface area contributed by atoms with Gasteiger partial charge in [0.1, 0.15) is 8.07 Å². The van der Waals surface area contributed by atoms with Crippen LogP contribution in [0.5, 0.6) is 0 Å². The highest BCUT2D eigenvalue weighted by molar-refractivity contribution is 6.83. The topological polar surface area (TPSA) is 9.23 Å². The number of rotatable bonds is 3. The quantitative estimate of drug-likeness (QED) is 0.583. The van der Waals surface area contributed by atoms with Gasteiger partial charge in [0.25, 0.3) is 0 Å². The third-order valence-corrected chi connectivity index (χ3v) is 3.21. The molecule has 0 atom stereocenters. The minimum absolute atomic E-state index is 0.225. The highest BCUT2D eigenvalue weighted by atomic mass is 28.3. The van der Waals surface area contributed by atoms with Crippen LogP contribution in [0.4, 0.5) is 0 Å². The zero-order valence-electron chi connectivity index (χ0n) is 13.1. The number of hydrogen-bond donors (Lipinski definition) is 0. The summed E-state index contributed by atoms with van der Waals surface area (Å²) in [6.07, 6.45) is 0. The van der Waals surface area contributed by atoms with Crippen LogP contribution in [0, 0.1) is 16.9 Å². The molecule has 0 bridgehead atoms. The van der Waals surface area contributed by atoms with E-state index in [1.807, 2.05) is 0 Å². The van der Waals surface area contributed by atoms with Crippen LogP contribution < -0.4 is 0 Å². The van der Waals surface area contributed by atoms with Crippen molar-refractivity contribution in [1.82, 2.24) is 0 Å². The largest absolute Gasteiger partial charge is 0.376 e. The van der Waals surface area contributed by atoms with Crippen LogP contribution in [-0.2, 0) is 11.3 Å². The average molecular weight is 274 g/mol. The molecule has 2 heteroatoms. The molecule has 0 aromatic heterocycles. The van der Waals surface area contributed by atoms with Crippen molar-refractivity contribution in [3.8, 4) is 11.5 Å². The van der Waals surface area contributed by atoms with Crippen molar-refractivity contribution in [2.24, 2.45) is 5.41 Å². The maximum atomic E-state index is 5.71. The molecule has 1 aromatic carbocycles. The number of ether oxygens (including phenoxy) is 1. The van der Waals surface area contributed by atoms with Crippen LogP contribution in [0.25, 0.3) is 0 Å². The zero-order chi connectivity index (χ0) is 14.5. The first-order valence-electron chi connectivity index (χ1n) is 6.86. The summed E-state index contributed by atoms with van der Waals surface area (Å²) in [5.41, 5.74) is 5.91. The molecule has 0 aliphatic carbocycles. The Labute approximate surface area is 119 Å². The molecule has 0 fully saturated rings. The fourth-order valence-corrected chi connectivity index (χ4v) is 1.94. The van der Waals surface area contributed by atoms with Crippen molar-refractivity contribution in [2.75, 3.05) is 6.61 Å². The van der Waals surface area contributed by atoms with Crippen molar-refractivity contribution in [3.05, 3.63) is 35.4 Å². The molecule has 0 saturated heterocycles. The van der Waals surface area contributed by atoms with Gasteiger partial charge < -0.3 is 4.74 Å². The average Bonchev–Trinajstić information content (AvgIpc) is 2.25. The zero-order valence-corrected chi connectivity index (χ0v) is 14.1. The third kappa shape index (κ3) is 7.87. The number of hydrogen-bond acceptors (Lipinski definition) is 1. The second kappa shape index (κ2) is 6.41. The minimum atomic E-state index is -1.28. The molecule has 0 radical (unpaired) electrons. The molecule has 0 aliphatic rings. The van der Waals surface area contributed by atoms with Crippen LogP contribution >= 0.6 is 0 Å². The van der Waals surface area contributed by atoms with E-state index in [0.29, 0.717) is 6.61 Å². The van der Waals surface area contributed by atoms with Crippen molar-refractivity contribution >= 4 is 8.07 Å². The van der Waals surface area contributed by atoms with E-state index >= 15 is 0 Å².